The van der Waals surface area contributed by atoms with Crippen molar-refractivity contribution in [2.45, 2.75) is 31.1 Å². The predicted octanol–water partition coefficient (Wildman–Crippen LogP) is 3.18. The smallest absolute Gasteiger partial charge is 0.349 e. The number of hydrogen-bond acceptors (Lipinski definition) is 5. The summed E-state index contributed by atoms with van der Waals surface area (Å²) in [5.41, 5.74) is 2.31. The Kier molecular flexibility index (Phi) is 6.15. The van der Waals surface area contributed by atoms with Crippen LogP contribution in [-0.2, 0) is 21.2 Å². The third-order valence-corrected chi connectivity index (χ3v) is 6.17. The van der Waals surface area contributed by atoms with Gasteiger partial charge in [-0.25, -0.2) is 17.9 Å². The van der Waals surface area contributed by atoms with Gasteiger partial charge in [0.15, 0.2) is 0 Å². The number of thiophene rings is 1. The molecule has 1 aromatic carbocycles. The molecule has 5 nitrogen and oxygen atoms in total. The van der Waals surface area contributed by atoms with Crippen LogP contribution in [0.5, 0.6) is 0 Å². The SMILES string of the molecule is COC(=O)c1sccc1S(=O)(=O)NCCc1ccc(C(C)C)cc1. The summed E-state index contributed by atoms with van der Waals surface area (Å²) in [6.45, 7) is 4.52. The number of hydrogen-bond donors (Lipinski definition) is 1. The van der Waals surface area contributed by atoms with Crippen LogP contribution < -0.4 is 4.72 Å². The second kappa shape index (κ2) is 7.92. The molecular formula is C17H21NO4S2. The lowest BCUT2D eigenvalue weighted by Gasteiger charge is -2.09. The van der Waals surface area contributed by atoms with E-state index in [4.69, 9.17) is 0 Å². The van der Waals surface area contributed by atoms with Crippen molar-refractivity contribution in [3.05, 3.63) is 51.7 Å². The number of esters is 1. The lowest BCUT2D eigenvalue weighted by molar-refractivity contribution is 0.0602. The van der Waals surface area contributed by atoms with E-state index >= 15 is 0 Å². The molecule has 2 aromatic rings. The first-order chi connectivity index (χ1) is 11.3. The van der Waals surface area contributed by atoms with Crippen molar-refractivity contribution in [1.82, 2.24) is 4.72 Å². The topological polar surface area (TPSA) is 72.5 Å². The molecule has 0 unspecified atom stereocenters. The van der Waals surface area contributed by atoms with Crippen molar-refractivity contribution in [2.24, 2.45) is 0 Å². The quantitative estimate of drug-likeness (QED) is 0.763. The Morgan fingerprint density at radius 1 is 1.21 bits per heavy atom. The highest BCUT2D eigenvalue weighted by atomic mass is 32.2. The van der Waals surface area contributed by atoms with Gasteiger partial charge in [-0.15, -0.1) is 11.3 Å². The lowest BCUT2D eigenvalue weighted by Crippen LogP contribution is -2.27. The van der Waals surface area contributed by atoms with Gasteiger partial charge in [0.25, 0.3) is 0 Å². The molecule has 0 fully saturated rings. The predicted molar refractivity (Wildman–Crippen MR) is 95.1 cm³/mol. The Bertz CT molecular complexity index is 792. The van der Waals surface area contributed by atoms with Crippen molar-refractivity contribution < 1.29 is 17.9 Å². The Morgan fingerprint density at radius 2 is 1.88 bits per heavy atom. The van der Waals surface area contributed by atoms with Gasteiger partial charge in [-0.2, -0.15) is 0 Å². The first-order valence-corrected chi connectivity index (χ1v) is 9.95. The number of sulfonamides is 1. The molecule has 0 aliphatic rings. The highest BCUT2D eigenvalue weighted by molar-refractivity contribution is 7.89. The van der Waals surface area contributed by atoms with E-state index in [0.29, 0.717) is 12.3 Å². The number of benzene rings is 1. The number of carbonyl (C=O) groups is 1. The van der Waals surface area contributed by atoms with Crippen molar-refractivity contribution in [3.8, 4) is 0 Å². The third-order valence-electron chi connectivity index (χ3n) is 3.64. The maximum atomic E-state index is 12.4. The zero-order chi connectivity index (χ0) is 17.7. The molecule has 0 spiro atoms. The van der Waals surface area contributed by atoms with E-state index < -0.39 is 16.0 Å². The van der Waals surface area contributed by atoms with Gasteiger partial charge in [-0.1, -0.05) is 38.1 Å². The van der Waals surface area contributed by atoms with E-state index in [-0.39, 0.29) is 16.3 Å². The zero-order valence-corrected chi connectivity index (χ0v) is 15.5. The van der Waals surface area contributed by atoms with Gasteiger partial charge in [-0.05, 0) is 34.9 Å². The molecule has 130 valence electrons. The van der Waals surface area contributed by atoms with Crippen molar-refractivity contribution in [3.63, 3.8) is 0 Å². The van der Waals surface area contributed by atoms with Gasteiger partial charge >= 0.3 is 5.97 Å². The minimum atomic E-state index is -3.73. The average molecular weight is 367 g/mol. The fourth-order valence-electron chi connectivity index (χ4n) is 2.23. The Hall–Kier alpha value is -1.70. The van der Waals surface area contributed by atoms with Crippen LogP contribution in [0, 0.1) is 0 Å². The Labute approximate surface area is 146 Å². The number of methoxy groups -OCH3 is 1. The molecule has 0 aliphatic heterocycles. The number of nitrogens with one attached hydrogen (secondary N) is 1. The molecule has 7 heteroatoms. The summed E-state index contributed by atoms with van der Waals surface area (Å²) < 4.78 is 31.9. The number of carbonyl (C=O) groups excluding carboxylic acids is 1. The number of rotatable bonds is 7. The molecular weight excluding hydrogens is 346 g/mol. The second-order valence-corrected chi connectivity index (χ2v) is 8.30. The summed E-state index contributed by atoms with van der Waals surface area (Å²) in [6.07, 6.45) is 0.579. The molecule has 2 rings (SSSR count). The number of ether oxygens (including phenoxy) is 1. The van der Waals surface area contributed by atoms with Gasteiger partial charge in [0.05, 0.1) is 7.11 Å². The van der Waals surface area contributed by atoms with E-state index in [1.54, 1.807) is 5.38 Å². The maximum absolute atomic E-state index is 12.4. The summed E-state index contributed by atoms with van der Waals surface area (Å²) in [5, 5.41) is 1.56. The summed E-state index contributed by atoms with van der Waals surface area (Å²) in [7, 11) is -2.51. The summed E-state index contributed by atoms with van der Waals surface area (Å²) in [4.78, 5) is 11.7. The minimum absolute atomic E-state index is 0.0329. The molecule has 0 saturated heterocycles. The van der Waals surface area contributed by atoms with Crippen LogP contribution in [0.15, 0.2) is 40.6 Å². The molecule has 0 amide bonds. The summed E-state index contributed by atoms with van der Waals surface area (Å²) >= 11 is 1.05. The fourth-order valence-corrected chi connectivity index (χ4v) is 4.59. The first kappa shape index (κ1) is 18.6. The van der Waals surface area contributed by atoms with Gasteiger partial charge in [0, 0.05) is 6.54 Å². The Balaban J connectivity index is 2.01. The highest BCUT2D eigenvalue weighted by Crippen LogP contribution is 2.22. The molecule has 1 N–H and O–H groups in total. The zero-order valence-electron chi connectivity index (χ0n) is 13.9. The molecule has 0 saturated carbocycles. The monoisotopic (exact) mass is 367 g/mol. The molecule has 24 heavy (non-hydrogen) atoms. The van der Waals surface area contributed by atoms with Crippen LogP contribution in [0.1, 0.15) is 40.6 Å². The minimum Gasteiger partial charge on any atom is -0.465 e. The highest BCUT2D eigenvalue weighted by Gasteiger charge is 2.24. The van der Waals surface area contributed by atoms with Gasteiger partial charge < -0.3 is 4.74 Å². The molecule has 1 heterocycles. The van der Waals surface area contributed by atoms with Crippen molar-refractivity contribution in [1.29, 1.82) is 0 Å². The summed E-state index contributed by atoms with van der Waals surface area (Å²) in [6, 6.07) is 9.55. The van der Waals surface area contributed by atoms with Crippen molar-refractivity contribution >= 4 is 27.3 Å². The van der Waals surface area contributed by atoms with Crippen LogP contribution in [-0.4, -0.2) is 28.0 Å². The molecule has 0 atom stereocenters. The van der Waals surface area contributed by atoms with Crippen LogP contribution in [0.3, 0.4) is 0 Å². The summed E-state index contributed by atoms with van der Waals surface area (Å²) in [5.74, 6) is -0.178. The van der Waals surface area contributed by atoms with Crippen LogP contribution in [0.4, 0.5) is 0 Å². The van der Waals surface area contributed by atoms with Crippen LogP contribution >= 0.6 is 11.3 Å². The largest absolute Gasteiger partial charge is 0.465 e. The Morgan fingerprint density at radius 3 is 2.46 bits per heavy atom. The van der Waals surface area contributed by atoms with E-state index in [1.807, 2.05) is 12.1 Å². The molecule has 0 radical (unpaired) electrons. The first-order valence-electron chi connectivity index (χ1n) is 7.59. The van der Waals surface area contributed by atoms with Gasteiger partial charge in [0.2, 0.25) is 10.0 Å². The normalized spacial score (nSPS) is 11.7. The van der Waals surface area contributed by atoms with Crippen LogP contribution in [0.25, 0.3) is 0 Å². The second-order valence-electron chi connectivity index (χ2n) is 5.65. The molecule has 0 aliphatic carbocycles. The van der Waals surface area contributed by atoms with Crippen LogP contribution in [0.2, 0.25) is 0 Å². The van der Waals surface area contributed by atoms with Crippen molar-refractivity contribution in [2.75, 3.05) is 13.7 Å². The standard InChI is InChI=1S/C17H21NO4S2/c1-12(2)14-6-4-13(5-7-14)8-10-18-24(20,21)15-9-11-23-16(15)17(19)22-3/h4-7,9,11-12,18H,8,10H2,1-3H3. The fraction of sp³-hybridized carbons (Fsp3) is 0.353. The average Bonchev–Trinajstić information content (AvgIpc) is 3.05. The maximum Gasteiger partial charge on any atom is 0.349 e. The lowest BCUT2D eigenvalue weighted by atomic mass is 10.0. The van der Waals surface area contributed by atoms with E-state index in [0.717, 1.165) is 16.9 Å². The van der Waals surface area contributed by atoms with Gasteiger partial charge in [-0.3, -0.25) is 0 Å². The third kappa shape index (κ3) is 4.43. The molecule has 1 aromatic heterocycles. The van der Waals surface area contributed by atoms with Gasteiger partial charge in [0.1, 0.15) is 9.77 Å². The van der Waals surface area contributed by atoms with E-state index in [2.05, 4.69) is 35.4 Å². The van der Waals surface area contributed by atoms with E-state index in [9.17, 15) is 13.2 Å². The van der Waals surface area contributed by atoms with E-state index in [1.165, 1.54) is 18.7 Å². The molecule has 0 bridgehead atoms.